The maximum atomic E-state index is 10.5. The number of hydrogen-bond donors (Lipinski definition) is 1. The van der Waals surface area contributed by atoms with Gasteiger partial charge in [0, 0.05) is 0 Å². The molecule has 0 heterocycles. The summed E-state index contributed by atoms with van der Waals surface area (Å²) in [6.45, 7) is 5.73. The second-order valence-corrected chi connectivity index (χ2v) is 3.15. The topological polar surface area (TPSA) is 37.3 Å². The molecule has 0 aromatic rings. The van der Waals surface area contributed by atoms with E-state index in [9.17, 15) is 4.79 Å². The Hall–Kier alpha value is -0.790. The van der Waals surface area contributed by atoms with Crippen molar-refractivity contribution in [2.24, 2.45) is 5.92 Å². The Morgan fingerprint density at radius 3 is 2.58 bits per heavy atom. The molecule has 70 valence electrons. The van der Waals surface area contributed by atoms with Crippen LogP contribution in [0.25, 0.3) is 0 Å². The van der Waals surface area contributed by atoms with Crippen LogP contribution in [-0.4, -0.2) is 11.1 Å². The molecule has 0 aliphatic carbocycles. The first-order valence-corrected chi connectivity index (χ1v) is 4.49. The monoisotopic (exact) mass is 170 g/mol. The number of carboxylic acids is 1. The van der Waals surface area contributed by atoms with E-state index in [0.717, 1.165) is 24.8 Å². The van der Waals surface area contributed by atoms with Crippen LogP contribution in [0.4, 0.5) is 0 Å². The molecule has 1 atom stereocenters. The third kappa shape index (κ3) is 4.16. The molecule has 0 aliphatic heterocycles. The van der Waals surface area contributed by atoms with Crippen LogP contribution < -0.4 is 0 Å². The van der Waals surface area contributed by atoms with E-state index in [0.29, 0.717) is 0 Å². The lowest BCUT2D eigenvalue weighted by Crippen LogP contribution is -2.10. The first kappa shape index (κ1) is 11.2. The number of unbranched alkanes of at least 4 members (excludes halogenated alkanes) is 2. The molecular weight excluding hydrogens is 152 g/mol. The molecule has 0 saturated carbocycles. The van der Waals surface area contributed by atoms with Crippen molar-refractivity contribution in [3.8, 4) is 0 Å². The lowest BCUT2D eigenvalue weighted by Gasteiger charge is -2.05. The van der Waals surface area contributed by atoms with Gasteiger partial charge in [-0.2, -0.15) is 0 Å². The molecule has 2 heteroatoms. The van der Waals surface area contributed by atoms with E-state index in [2.05, 4.69) is 6.92 Å². The molecule has 0 bridgehead atoms. The SMILES string of the molecule is CCCC/C=C(\C)C(C)C(=O)O. The van der Waals surface area contributed by atoms with Crippen molar-refractivity contribution in [2.45, 2.75) is 40.0 Å². The lowest BCUT2D eigenvalue weighted by molar-refractivity contribution is -0.139. The van der Waals surface area contributed by atoms with Gasteiger partial charge in [-0.1, -0.05) is 31.4 Å². The van der Waals surface area contributed by atoms with Crippen molar-refractivity contribution >= 4 is 5.97 Å². The summed E-state index contributed by atoms with van der Waals surface area (Å²) in [5, 5.41) is 8.67. The van der Waals surface area contributed by atoms with Gasteiger partial charge in [0.2, 0.25) is 0 Å². The van der Waals surface area contributed by atoms with Crippen LogP contribution in [0.15, 0.2) is 11.6 Å². The lowest BCUT2D eigenvalue weighted by atomic mass is 10.0. The zero-order valence-corrected chi connectivity index (χ0v) is 8.13. The molecule has 0 saturated heterocycles. The van der Waals surface area contributed by atoms with Crippen LogP contribution in [0.3, 0.4) is 0 Å². The van der Waals surface area contributed by atoms with Crippen LogP contribution >= 0.6 is 0 Å². The van der Waals surface area contributed by atoms with Crippen LogP contribution in [0.1, 0.15) is 40.0 Å². The molecule has 2 nitrogen and oxygen atoms in total. The molecule has 1 unspecified atom stereocenters. The van der Waals surface area contributed by atoms with E-state index in [4.69, 9.17) is 5.11 Å². The number of carboxylic acid groups (broad SMARTS) is 1. The minimum absolute atomic E-state index is 0.332. The molecule has 0 radical (unpaired) electrons. The Kier molecular flexibility index (Phi) is 5.43. The number of aliphatic carboxylic acids is 1. The fraction of sp³-hybridized carbons (Fsp3) is 0.700. The predicted molar refractivity (Wildman–Crippen MR) is 50.1 cm³/mol. The largest absolute Gasteiger partial charge is 0.481 e. The van der Waals surface area contributed by atoms with Crippen molar-refractivity contribution in [1.82, 2.24) is 0 Å². The van der Waals surface area contributed by atoms with Gasteiger partial charge in [0.15, 0.2) is 0 Å². The zero-order chi connectivity index (χ0) is 9.56. The quantitative estimate of drug-likeness (QED) is 0.509. The molecule has 0 aromatic carbocycles. The van der Waals surface area contributed by atoms with E-state index in [-0.39, 0.29) is 5.92 Å². The van der Waals surface area contributed by atoms with Crippen LogP contribution in [-0.2, 0) is 4.79 Å². The fourth-order valence-corrected chi connectivity index (χ4v) is 0.905. The summed E-state index contributed by atoms with van der Waals surface area (Å²) in [4.78, 5) is 10.5. The highest BCUT2D eigenvalue weighted by Crippen LogP contribution is 2.11. The van der Waals surface area contributed by atoms with Crippen LogP contribution in [0.5, 0.6) is 0 Å². The summed E-state index contributed by atoms with van der Waals surface area (Å²) in [7, 11) is 0. The van der Waals surface area contributed by atoms with Gasteiger partial charge in [0.05, 0.1) is 5.92 Å². The van der Waals surface area contributed by atoms with E-state index >= 15 is 0 Å². The minimum Gasteiger partial charge on any atom is -0.481 e. The highest BCUT2D eigenvalue weighted by molar-refractivity contribution is 5.72. The Labute approximate surface area is 74.3 Å². The Bertz CT molecular complexity index is 171. The van der Waals surface area contributed by atoms with Crippen molar-refractivity contribution in [3.63, 3.8) is 0 Å². The Balaban J connectivity index is 3.90. The second kappa shape index (κ2) is 5.81. The van der Waals surface area contributed by atoms with Gasteiger partial charge in [0.25, 0.3) is 0 Å². The van der Waals surface area contributed by atoms with Gasteiger partial charge in [0.1, 0.15) is 0 Å². The zero-order valence-electron chi connectivity index (χ0n) is 8.13. The highest BCUT2D eigenvalue weighted by Gasteiger charge is 2.11. The molecule has 1 N–H and O–H groups in total. The van der Waals surface area contributed by atoms with Gasteiger partial charge in [-0.05, 0) is 20.3 Å². The Morgan fingerprint density at radius 2 is 2.17 bits per heavy atom. The number of rotatable bonds is 5. The summed E-state index contributed by atoms with van der Waals surface area (Å²) >= 11 is 0. The molecule has 0 spiro atoms. The van der Waals surface area contributed by atoms with Crippen molar-refractivity contribution in [3.05, 3.63) is 11.6 Å². The number of carbonyl (C=O) groups is 1. The summed E-state index contributed by atoms with van der Waals surface area (Å²) in [6.07, 6.45) is 5.33. The van der Waals surface area contributed by atoms with Crippen molar-refractivity contribution in [2.75, 3.05) is 0 Å². The average molecular weight is 170 g/mol. The molecule has 12 heavy (non-hydrogen) atoms. The first-order valence-electron chi connectivity index (χ1n) is 4.49. The van der Waals surface area contributed by atoms with Gasteiger partial charge in [-0.3, -0.25) is 4.79 Å². The molecule has 0 fully saturated rings. The third-order valence-corrected chi connectivity index (χ3v) is 2.08. The summed E-state index contributed by atoms with van der Waals surface area (Å²) in [5.41, 5.74) is 0.968. The summed E-state index contributed by atoms with van der Waals surface area (Å²) in [6, 6.07) is 0. The first-order chi connectivity index (χ1) is 5.59. The smallest absolute Gasteiger partial charge is 0.310 e. The van der Waals surface area contributed by atoms with E-state index in [1.807, 2.05) is 13.0 Å². The average Bonchev–Trinajstić information content (AvgIpc) is 2.03. The fourth-order valence-electron chi connectivity index (χ4n) is 0.905. The predicted octanol–water partition coefficient (Wildman–Crippen LogP) is 2.84. The minimum atomic E-state index is -0.736. The van der Waals surface area contributed by atoms with Crippen LogP contribution in [0.2, 0.25) is 0 Å². The summed E-state index contributed by atoms with van der Waals surface area (Å²) in [5.74, 6) is -1.07. The Morgan fingerprint density at radius 1 is 1.58 bits per heavy atom. The van der Waals surface area contributed by atoms with E-state index in [1.165, 1.54) is 0 Å². The number of hydrogen-bond acceptors (Lipinski definition) is 1. The molecule has 0 aromatic heterocycles. The normalized spacial score (nSPS) is 14.4. The molecule has 0 rings (SSSR count). The summed E-state index contributed by atoms with van der Waals surface area (Å²) < 4.78 is 0. The molecular formula is C10H18O2. The highest BCUT2D eigenvalue weighted by atomic mass is 16.4. The third-order valence-electron chi connectivity index (χ3n) is 2.08. The van der Waals surface area contributed by atoms with E-state index in [1.54, 1.807) is 6.92 Å². The second-order valence-electron chi connectivity index (χ2n) is 3.15. The standard InChI is InChI=1S/C10H18O2/c1-4-5-6-7-8(2)9(3)10(11)12/h7,9H,4-6H2,1-3H3,(H,11,12)/b8-7+. The van der Waals surface area contributed by atoms with Gasteiger partial charge in [-0.15, -0.1) is 0 Å². The molecule has 0 amide bonds. The molecule has 0 aliphatic rings. The van der Waals surface area contributed by atoms with Crippen LogP contribution in [0, 0.1) is 5.92 Å². The van der Waals surface area contributed by atoms with Gasteiger partial charge < -0.3 is 5.11 Å². The van der Waals surface area contributed by atoms with Crippen molar-refractivity contribution in [1.29, 1.82) is 0 Å². The maximum absolute atomic E-state index is 10.5. The van der Waals surface area contributed by atoms with Gasteiger partial charge >= 0.3 is 5.97 Å². The van der Waals surface area contributed by atoms with Crippen molar-refractivity contribution < 1.29 is 9.90 Å². The van der Waals surface area contributed by atoms with E-state index < -0.39 is 5.97 Å². The van der Waals surface area contributed by atoms with Gasteiger partial charge in [-0.25, -0.2) is 0 Å². The maximum Gasteiger partial charge on any atom is 0.310 e. The number of allylic oxidation sites excluding steroid dienone is 1.